The first-order valence-corrected chi connectivity index (χ1v) is 6.11. The molecule has 0 spiro atoms. The normalized spacial score (nSPS) is 11.2. The lowest BCUT2D eigenvalue weighted by Crippen LogP contribution is -2.43. The summed E-state index contributed by atoms with van der Waals surface area (Å²) in [4.78, 5) is 22.4. The highest BCUT2D eigenvalue weighted by Gasteiger charge is 2.23. The molecule has 0 atom stereocenters. The molecular weight excluding hydrogens is 240 g/mol. The number of hydrogen-bond acceptors (Lipinski definition) is 4. The fourth-order valence-corrected chi connectivity index (χ4v) is 2.06. The van der Waals surface area contributed by atoms with E-state index in [1.54, 1.807) is 12.3 Å². The molecule has 0 fully saturated rings. The lowest BCUT2D eigenvalue weighted by atomic mass is 9.98. The van der Waals surface area contributed by atoms with Crippen molar-refractivity contribution in [3.63, 3.8) is 0 Å². The minimum Gasteiger partial charge on any atom is -0.481 e. The smallest absolute Gasteiger partial charge is 0.303 e. The van der Waals surface area contributed by atoms with E-state index in [0.29, 0.717) is 17.7 Å². The van der Waals surface area contributed by atoms with Crippen molar-refractivity contribution in [2.24, 2.45) is 0 Å². The van der Waals surface area contributed by atoms with Gasteiger partial charge in [0.2, 0.25) is 0 Å². The average molecular weight is 256 g/mol. The Morgan fingerprint density at radius 2 is 2.18 bits per heavy atom. The Bertz CT molecular complexity index is 426. The Balaban J connectivity index is 2.61. The quantitative estimate of drug-likeness (QED) is 0.842. The number of nitrogens with zero attached hydrogens (tertiary/aromatic N) is 1. The predicted molar refractivity (Wildman–Crippen MR) is 65.3 cm³/mol. The molecule has 0 aliphatic heterocycles. The van der Waals surface area contributed by atoms with Crippen LogP contribution >= 0.6 is 11.5 Å². The van der Waals surface area contributed by atoms with Gasteiger partial charge in [-0.15, -0.1) is 0 Å². The standard InChI is InChI=1S/C11H16N2O3S/c1-7-8(6-17-13-7)10(16)12-11(2,3)5-4-9(14)15/h6H,4-5H2,1-3H3,(H,12,16)(H,14,15). The number of aromatic nitrogens is 1. The number of carboxylic acid groups (broad SMARTS) is 1. The highest BCUT2D eigenvalue weighted by molar-refractivity contribution is 7.03. The zero-order valence-corrected chi connectivity index (χ0v) is 10.9. The number of aliphatic carboxylic acids is 1. The second kappa shape index (κ2) is 5.27. The van der Waals surface area contributed by atoms with Gasteiger partial charge in [0.05, 0.1) is 11.3 Å². The number of carbonyl (C=O) groups is 2. The van der Waals surface area contributed by atoms with E-state index < -0.39 is 11.5 Å². The Kier molecular flexibility index (Phi) is 4.22. The van der Waals surface area contributed by atoms with Gasteiger partial charge < -0.3 is 10.4 Å². The Morgan fingerprint density at radius 3 is 2.65 bits per heavy atom. The van der Waals surface area contributed by atoms with Gasteiger partial charge in [-0.2, -0.15) is 4.37 Å². The minimum atomic E-state index is -0.860. The Morgan fingerprint density at radius 1 is 1.53 bits per heavy atom. The SMILES string of the molecule is Cc1nscc1C(=O)NC(C)(C)CCC(=O)O. The summed E-state index contributed by atoms with van der Waals surface area (Å²) in [5.41, 5.74) is 0.712. The zero-order valence-electron chi connectivity index (χ0n) is 10.1. The first kappa shape index (κ1) is 13.6. The third-order valence-corrected chi connectivity index (χ3v) is 3.13. The topological polar surface area (TPSA) is 79.3 Å². The molecule has 0 aliphatic rings. The van der Waals surface area contributed by atoms with Gasteiger partial charge in [-0.1, -0.05) is 0 Å². The maximum Gasteiger partial charge on any atom is 0.303 e. The van der Waals surface area contributed by atoms with Crippen molar-refractivity contribution in [3.05, 3.63) is 16.6 Å². The first-order chi connectivity index (χ1) is 7.82. The number of rotatable bonds is 5. The third-order valence-electron chi connectivity index (χ3n) is 2.41. The van der Waals surface area contributed by atoms with Gasteiger partial charge in [0.15, 0.2) is 0 Å². The minimum absolute atomic E-state index is 0.0359. The summed E-state index contributed by atoms with van der Waals surface area (Å²) < 4.78 is 4.03. The number of nitrogens with one attached hydrogen (secondary N) is 1. The lowest BCUT2D eigenvalue weighted by Gasteiger charge is -2.25. The highest BCUT2D eigenvalue weighted by atomic mass is 32.1. The van der Waals surface area contributed by atoms with Crippen LogP contribution in [0.1, 0.15) is 42.7 Å². The van der Waals surface area contributed by atoms with Crippen molar-refractivity contribution in [1.29, 1.82) is 0 Å². The fourth-order valence-electron chi connectivity index (χ4n) is 1.37. The fraction of sp³-hybridized carbons (Fsp3) is 0.545. The van der Waals surface area contributed by atoms with E-state index in [2.05, 4.69) is 9.69 Å². The molecule has 1 aromatic heterocycles. The second-order valence-electron chi connectivity index (χ2n) is 4.55. The van der Waals surface area contributed by atoms with Gasteiger partial charge in [-0.25, -0.2) is 0 Å². The van der Waals surface area contributed by atoms with E-state index >= 15 is 0 Å². The molecule has 0 aromatic carbocycles. The highest BCUT2D eigenvalue weighted by Crippen LogP contribution is 2.15. The van der Waals surface area contributed by atoms with Gasteiger partial charge in [0.1, 0.15) is 0 Å². The Labute approximate surface area is 104 Å². The number of aryl methyl sites for hydroxylation is 1. The molecule has 0 saturated heterocycles. The molecular formula is C11H16N2O3S. The molecule has 1 heterocycles. The summed E-state index contributed by atoms with van der Waals surface area (Å²) in [6, 6.07) is 0. The molecule has 0 unspecified atom stereocenters. The second-order valence-corrected chi connectivity index (χ2v) is 5.17. The molecule has 6 heteroatoms. The summed E-state index contributed by atoms with van der Waals surface area (Å²) in [5, 5.41) is 13.1. The molecule has 1 rings (SSSR count). The lowest BCUT2D eigenvalue weighted by molar-refractivity contribution is -0.137. The third kappa shape index (κ3) is 4.14. The van der Waals surface area contributed by atoms with Crippen LogP contribution < -0.4 is 5.32 Å². The summed E-state index contributed by atoms with van der Waals surface area (Å²) in [7, 11) is 0. The summed E-state index contributed by atoms with van der Waals surface area (Å²) >= 11 is 1.23. The van der Waals surface area contributed by atoms with Crippen molar-refractivity contribution >= 4 is 23.4 Å². The summed E-state index contributed by atoms with van der Waals surface area (Å²) in [5.74, 6) is -1.06. The van der Waals surface area contributed by atoms with Crippen LogP contribution in [0, 0.1) is 6.92 Å². The van der Waals surface area contributed by atoms with E-state index in [1.165, 1.54) is 11.5 Å². The summed E-state index contributed by atoms with van der Waals surface area (Å²) in [6.45, 7) is 5.39. The molecule has 2 N–H and O–H groups in total. The largest absolute Gasteiger partial charge is 0.481 e. The Hall–Kier alpha value is -1.43. The number of hydrogen-bond donors (Lipinski definition) is 2. The van der Waals surface area contributed by atoms with Gasteiger partial charge in [0.25, 0.3) is 5.91 Å². The molecule has 1 amide bonds. The monoisotopic (exact) mass is 256 g/mol. The number of carboxylic acids is 1. The van der Waals surface area contributed by atoms with Crippen LogP contribution in [0.3, 0.4) is 0 Å². The van der Waals surface area contributed by atoms with Gasteiger partial charge in [-0.05, 0) is 38.7 Å². The molecule has 0 saturated carbocycles. The molecule has 1 aromatic rings. The van der Waals surface area contributed by atoms with Crippen molar-refractivity contribution in [2.45, 2.75) is 39.2 Å². The number of amides is 1. The number of carbonyl (C=O) groups excluding carboxylic acids is 1. The van der Waals surface area contributed by atoms with E-state index in [9.17, 15) is 9.59 Å². The predicted octanol–water partition coefficient (Wildman–Crippen LogP) is 1.82. The van der Waals surface area contributed by atoms with Crippen LogP contribution in [0.4, 0.5) is 0 Å². The van der Waals surface area contributed by atoms with Crippen LogP contribution in [0.25, 0.3) is 0 Å². The van der Waals surface area contributed by atoms with Crippen molar-refractivity contribution in [1.82, 2.24) is 9.69 Å². The van der Waals surface area contributed by atoms with Gasteiger partial charge >= 0.3 is 5.97 Å². The molecule has 0 aliphatic carbocycles. The molecule has 94 valence electrons. The molecule has 0 radical (unpaired) electrons. The van der Waals surface area contributed by atoms with Crippen molar-refractivity contribution in [2.75, 3.05) is 0 Å². The average Bonchev–Trinajstić information content (AvgIpc) is 2.61. The van der Waals surface area contributed by atoms with Gasteiger partial charge in [-0.3, -0.25) is 9.59 Å². The maximum atomic E-state index is 11.9. The first-order valence-electron chi connectivity index (χ1n) is 5.27. The summed E-state index contributed by atoms with van der Waals surface area (Å²) in [6.07, 6.45) is 0.429. The van der Waals surface area contributed by atoms with E-state index in [-0.39, 0.29) is 12.3 Å². The van der Waals surface area contributed by atoms with Crippen LogP contribution in [0.5, 0.6) is 0 Å². The van der Waals surface area contributed by atoms with E-state index in [1.807, 2.05) is 13.8 Å². The zero-order chi connectivity index (χ0) is 13.1. The maximum absolute atomic E-state index is 11.9. The molecule has 5 nitrogen and oxygen atoms in total. The van der Waals surface area contributed by atoms with E-state index in [0.717, 1.165) is 0 Å². The van der Waals surface area contributed by atoms with Crippen LogP contribution in [-0.4, -0.2) is 26.9 Å². The van der Waals surface area contributed by atoms with Crippen LogP contribution in [-0.2, 0) is 4.79 Å². The van der Waals surface area contributed by atoms with Crippen molar-refractivity contribution in [3.8, 4) is 0 Å². The molecule has 0 bridgehead atoms. The van der Waals surface area contributed by atoms with Crippen LogP contribution in [0.15, 0.2) is 5.38 Å². The van der Waals surface area contributed by atoms with Gasteiger partial charge in [0, 0.05) is 17.3 Å². The van der Waals surface area contributed by atoms with Crippen molar-refractivity contribution < 1.29 is 14.7 Å². The van der Waals surface area contributed by atoms with E-state index in [4.69, 9.17) is 5.11 Å². The van der Waals surface area contributed by atoms with Crippen LogP contribution in [0.2, 0.25) is 0 Å². The molecule has 17 heavy (non-hydrogen) atoms.